The molecule has 0 bridgehead atoms. The number of methoxy groups -OCH3 is 1. The number of ether oxygens (including phenoxy) is 1. The van der Waals surface area contributed by atoms with E-state index < -0.39 is 6.04 Å². The third kappa shape index (κ3) is 3.48. The number of aryl methyl sites for hydroxylation is 1. The Bertz CT molecular complexity index is 588. The van der Waals surface area contributed by atoms with Gasteiger partial charge in [-0.3, -0.25) is 9.59 Å². The van der Waals surface area contributed by atoms with Gasteiger partial charge in [-0.15, -0.1) is 11.3 Å². The first-order chi connectivity index (χ1) is 9.60. The van der Waals surface area contributed by atoms with Crippen molar-refractivity contribution in [3.8, 4) is 0 Å². The van der Waals surface area contributed by atoms with Crippen molar-refractivity contribution < 1.29 is 18.7 Å². The largest absolute Gasteiger partial charge is 0.469 e. The van der Waals surface area contributed by atoms with E-state index in [0.29, 0.717) is 5.76 Å². The van der Waals surface area contributed by atoms with Crippen molar-refractivity contribution in [3.05, 3.63) is 46.0 Å². The lowest BCUT2D eigenvalue weighted by Crippen LogP contribution is -2.29. The van der Waals surface area contributed by atoms with Gasteiger partial charge in [-0.2, -0.15) is 0 Å². The Balaban J connectivity index is 2.11. The molecule has 106 valence electrons. The van der Waals surface area contributed by atoms with E-state index in [-0.39, 0.29) is 24.1 Å². The lowest BCUT2D eigenvalue weighted by molar-refractivity contribution is -0.141. The van der Waals surface area contributed by atoms with Crippen molar-refractivity contribution >= 4 is 23.2 Å². The van der Waals surface area contributed by atoms with Crippen molar-refractivity contribution in [2.45, 2.75) is 19.4 Å². The van der Waals surface area contributed by atoms with Crippen molar-refractivity contribution in [1.82, 2.24) is 5.32 Å². The van der Waals surface area contributed by atoms with Gasteiger partial charge >= 0.3 is 5.97 Å². The van der Waals surface area contributed by atoms with Gasteiger partial charge in [0.2, 0.25) is 0 Å². The SMILES string of the molecule is COC(=O)C[C@@H](NC(=O)c1ccc(C)o1)c1cccs1. The average Bonchev–Trinajstić information content (AvgIpc) is 3.08. The quantitative estimate of drug-likeness (QED) is 0.861. The molecule has 1 atom stereocenters. The Morgan fingerprint density at radius 3 is 2.75 bits per heavy atom. The molecule has 0 aliphatic rings. The Hall–Kier alpha value is -2.08. The van der Waals surface area contributed by atoms with Crippen molar-refractivity contribution in [2.24, 2.45) is 0 Å². The van der Waals surface area contributed by atoms with Gasteiger partial charge in [-0.05, 0) is 30.5 Å². The molecule has 2 rings (SSSR count). The summed E-state index contributed by atoms with van der Waals surface area (Å²) in [5.41, 5.74) is 0. The Labute approximate surface area is 120 Å². The topological polar surface area (TPSA) is 68.5 Å². The molecule has 1 N–H and O–H groups in total. The fraction of sp³-hybridized carbons (Fsp3) is 0.286. The zero-order chi connectivity index (χ0) is 14.5. The van der Waals surface area contributed by atoms with Gasteiger partial charge in [0.1, 0.15) is 5.76 Å². The third-order valence-corrected chi connectivity index (χ3v) is 3.74. The second kappa shape index (κ2) is 6.38. The molecule has 2 aromatic heterocycles. The number of hydrogen-bond acceptors (Lipinski definition) is 5. The van der Waals surface area contributed by atoms with E-state index >= 15 is 0 Å². The van der Waals surface area contributed by atoms with Gasteiger partial charge in [0, 0.05) is 4.88 Å². The van der Waals surface area contributed by atoms with Crippen LogP contribution in [0.5, 0.6) is 0 Å². The lowest BCUT2D eigenvalue weighted by atomic mass is 10.1. The van der Waals surface area contributed by atoms with E-state index in [9.17, 15) is 9.59 Å². The molecule has 2 heterocycles. The highest BCUT2D eigenvalue weighted by Gasteiger charge is 2.21. The molecule has 0 spiro atoms. The van der Waals surface area contributed by atoms with E-state index in [2.05, 4.69) is 10.1 Å². The molecule has 0 aliphatic carbocycles. The molecule has 2 aromatic rings. The van der Waals surface area contributed by atoms with Crippen molar-refractivity contribution in [1.29, 1.82) is 0 Å². The maximum Gasteiger partial charge on any atom is 0.307 e. The molecule has 20 heavy (non-hydrogen) atoms. The Morgan fingerprint density at radius 2 is 2.20 bits per heavy atom. The van der Waals surface area contributed by atoms with Gasteiger partial charge in [-0.25, -0.2) is 0 Å². The molecule has 0 saturated carbocycles. The van der Waals surface area contributed by atoms with Crippen LogP contribution in [0.1, 0.15) is 33.7 Å². The van der Waals surface area contributed by atoms with E-state index in [4.69, 9.17) is 4.42 Å². The molecule has 5 nitrogen and oxygen atoms in total. The highest BCUT2D eigenvalue weighted by atomic mass is 32.1. The summed E-state index contributed by atoms with van der Waals surface area (Å²) in [6.45, 7) is 1.77. The highest BCUT2D eigenvalue weighted by Crippen LogP contribution is 2.23. The van der Waals surface area contributed by atoms with Crippen LogP contribution in [-0.2, 0) is 9.53 Å². The van der Waals surface area contributed by atoms with E-state index in [1.807, 2.05) is 17.5 Å². The van der Waals surface area contributed by atoms with Crippen LogP contribution in [0.3, 0.4) is 0 Å². The second-order valence-electron chi connectivity index (χ2n) is 4.23. The monoisotopic (exact) mass is 293 g/mol. The second-order valence-corrected chi connectivity index (χ2v) is 5.21. The summed E-state index contributed by atoms with van der Waals surface area (Å²) in [6.07, 6.45) is 0.0858. The Morgan fingerprint density at radius 1 is 1.40 bits per heavy atom. The summed E-state index contributed by atoms with van der Waals surface area (Å²) >= 11 is 1.47. The zero-order valence-corrected chi connectivity index (χ0v) is 12.0. The number of thiophene rings is 1. The number of esters is 1. The number of carbonyl (C=O) groups is 2. The molecular weight excluding hydrogens is 278 g/mol. The summed E-state index contributed by atoms with van der Waals surface area (Å²) in [5.74, 6) is 0.171. The number of nitrogens with one attached hydrogen (secondary N) is 1. The number of furan rings is 1. The first kappa shape index (κ1) is 14.3. The minimum atomic E-state index is -0.416. The molecule has 6 heteroatoms. The van der Waals surface area contributed by atoms with Gasteiger partial charge in [0.05, 0.1) is 19.6 Å². The number of hydrogen-bond donors (Lipinski definition) is 1. The number of rotatable bonds is 5. The fourth-order valence-electron chi connectivity index (χ4n) is 1.75. The summed E-state index contributed by atoms with van der Waals surface area (Å²) in [5, 5.41) is 4.68. The van der Waals surface area contributed by atoms with Crippen LogP contribution < -0.4 is 5.32 Å². The summed E-state index contributed by atoms with van der Waals surface area (Å²) in [6, 6.07) is 6.64. The molecule has 1 amide bonds. The van der Waals surface area contributed by atoms with Gasteiger partial charge < -0.3 is 14.5 Å². The maximum absolute atomic E-state index is 12.1. The molecule has 0 aromatic carbocycles. The lowest BCUT2D eigenvalue weighted by Gasteiger charge is -2.15. The smallest absolute Gasteiger partial charge is 0.307 e. The molecule has 0 saturated heterocycles. The van der Waals surface area contributed by atoms with E-state index in [1.165, 1.54) is 18.4 Å². The van der Waals surface area contributed by atoms with Gasteiger partial charge in [0.25, 0.3) is 5.91 Å². The van der Waals surface area contributed by atoms with Gasteiger partial charge in [-0.1, -0.05) is 6.07 Å². The maximum atomic E-state index is 12.1. The van der Waals surface area contributed by atoms with Crippen LogP contribution in [0, 0.1) is 6.92 Å². The standard InChI is InChI=1S/C14H15NO4S/c1-9-5-6-11(19-9)14(17)15-10(8-13(16)18-2)12-4-3-7-20-12/h3-7,10H,8H2,1-2H3,(H,15,17)/t10-/m1/s1. The van der Waals surface area contributed by atoms with Gasteiger partial charge in [0.15, 0.2) is 5.76 Å². The first-order valence-corrected chi connectivity index (χ1v) is 6.95. The molecular formula is C14H15NO4S. The van der Waals surface area contributed by atoms with E-state index in [0.717, 1.165) is 4.88 Å². The zero-order valence-electron chi connectivity index (χ0n) is 11.2. The molecule has 0 fully saturated rings. The van der Waals surface area contributed by atoms with Crippen LogP contribution >= 0.6 is 11.3 Å². The highest BCUT2D eigenvalue weighted by molar-refractivity contribution is 7.10. The summed E-state index contributed by atoms with van der Waals surface area (Å²) < 4.78 is 9.93. The van der Waals surface area contributed by atoms with Crippen LogP contribution in [0.2, 0.25) is 0 Å². The normalized spacial score (nSPS) is 11.9. The fourth-order valence-corrected chi connectivity index (χ4v) is 2.53. The summed E-state index contributed by atoms with van der Waals surface area (Å²) in [7, 11) is 1.32. The number of carbonyl (C=O) groups excluding carboxylic acids is 2. The van der Waals surface area contributed by atoms with Crippen LogP contribution in [-0.4, -0.2) is 19.0 Å². The Kier molecular flexibility index (Phi) is 4.57. The first-order valence-electron chi connectivity index (χ1n) is 6.07. The number of amides is 1. The summed E-state index contributed by atoms with van der Waals surface area (Å²) in [4.78, 5) is 24.4. The minimum absolute atomic E-state index is 0.0858. The van der Waals surface area contributed by atoms with Crippen molar-refractivity contribution in [3.63, 3.8) is 0 Å². The van der Waals surface area contributed by atoms with Crippen LogP contribution in [0.4, 0.5) is 0 Å². The van der Waals surface area contributed by atoms with Crippen LogP contribution in [0.25, 0.3) is 0 Å². The predicted molar refractivity (Wildman–Crippen MR) is 74.6 cm³/mol. The molecule has 0 unspecified atom stereocenters. The molecule has 0 radical (unpaired) electrons. The van der Waals surface area contributed by atoms with Crippen molar-refractivity contribution in [2.75, 3.05) is 7.11 Å². The molecule has 0 aliphatic heterocycles. The van der Waals surface area contributed by atoms with Crippen LogP contribution in [0.15, 0.2) is 34.1 Å². The average molecular weight is 293 g/mol. The third-order valence-electron chi connectivity index (χ3n) is 2.75. The minimum Gasteiger partial charge on any atom is -0.469 e. The van der Waals surface area contributed by atoms with E-state index in [1.54, 1.807) is 19.1 Å². The predicted octanol–water partition coefficient (Wildman–Crippen LogP) is 2.68.